The topological polar surface area (TPSA) is 35.5 Å². The van der Waals surface area contributed by atoms with Crippen LogP contribution in [0.1, 0.15) is 6.92 Å². The Bertz CT molecular complexity index is 413. The summed E-state index contributed by atoms with van der Waals surface area (Å²) in [4.78, 5) is 10.7. The van der Waals surface area contributed by atoms with Crippen molar-refractivity contribution >= 4 is 5.97 Å². The van der Waals surface area contributed by atoms with Crippen molar-refractivity contribution in [2.24, 2.45) is 0 Å². The van der Waals surface area contributed by atoms with Gasteiger partial charge in [-0.2, -0.15) is 48.3 Å². The quantitative estimate of drug-likeness (QED) is 0.557. The molecule has 0 aliphatic carbocycles. The van der Waals surface area contributed by atoms with E-state index in [9.17, 15) is 53.1 Å². The Hall–Kier alpha value is -1.34. The third kappa shape index (κ3) is 3.52. The normalized spacial score (nSPS) is 17.1. The number of ether oxygens (including phenoxy) is 2. The van der Waals surface area contributed by atoms with Gasteiger partial charge in [-0.1, -0.05) is 0 Å². The standard InChI is InChI=1S/C8H5F11O3/c1-2-21-3(20)4(9,6(12,13)14)22-8(18,19)5(10,11)7(15,16)17/h2H2,1H3/t4-/m0/s1. The fourth-order valence-electron chi connectivity index (χ4n) is 0.845. The molecule has 22 heavy (non-hydrogen) atoms. The zero-order chi connectivity index (χ0) is 18.2. The summed E-state index contributed by atoms with van der Waals surface area (Å²) in [5.74, 6) is -16.7. The van der Waals surface area contributed by atoms with Gasteiger partial charge < -0.3 is 4.74 Å². The summed E-state index contributed by atoms with van der Waals surface area (Å²) < 4.78 is 141. The fourth-order valence-corrected chi connectivity index (χ4v) is 0.845. The second-order valence-electron chi connectivity index (χ2n) is 3.50. The van der Waals surface area contributed by atoms with Gasteiger partial charge in [0.05, 0.1) is 6.61 Å². The van der Waals surface area contributed by atoms with Crippen molar-refractivity contribution in [2.75, 3.05) is 6.61 Å². The van der Waals surface area contributed by atoms with E-state index < -0.39 is 42.8 Å². The number of halogens is 11. The van der Waals surface area contributed by atoms with Crippen molar-refractivity contribution in [3.05, 3.63) is 0 Å². The molecule has 0 rings (SSSR count). The van der Waals surface area contributed by atoms with Crippen LogP contribution in [0.3, 0.4) is 0 Å². The molecular weight excluding hydrogens is 353 g/mol. The highest BCUT2D eigenvalue weighted by Gasteiger charge is 2.80. The summed E-state index contributed by atoms with van der Waals surface area (Å²) in [6.45, 7) is -0.262. The molecule has 0 aromatic carbocycles. The van der Waals surface area contributed by atoms with Crippen LogP contribution in [0.4, 0.5) is 48.3 Å². The van der Waals surface area contributed by atoms with Crippen molar-refractivity contribution in [2.45, 2.75) is 37.2 Å². The first-order valence-electron chi connectivity index (χ1n) is 4.89. The minimum absolute atomic E-state index is 0.775. The van der Waals surface area contributed by atoms with E-state index in [-0.39, 0.29) is 0 Å². The first-order chi connectivity index (χ1) is 9.44. The predicted molar refractivity (Wildman–Crippen MR) is 43.6 cm³/mol. The van der Waals surface area contributed by atoms with E-state index in [0.717, 1.165) is 6.92 Å². The molecule has 0 spiro atoms. The van der Waals surface area contributed by atoms with Gasteiger partial charge in [0, 0.05) is 0 Å². The summed E-state index contributed by atoms with van der Waals surface area (Å²) >= 11 is 0. The summed E-state index contributed by atoms with van der Waals surface area (Å²) in [6, 6.07) is 0. The van der Waals surface area contributed by atoms with E-state index in [1.807, 2.05) is 4.74 Å². The van der Waals surface area contributed by atoms with E-state index in [2.05, 4.69) is 4.74 Å². The van der Waals surface area contributed by atoms with E-state index in [4.69, 9.17) is 0 Å². The number of hydrogen-bond donors (Lipinski definition) is 0. The smallest absolute Gasteiger partial charge is 0.462 e. The molecule has 14 heteroatoms. The molecule has 0 unspecified atom stereocenters. The van der Waals surface area contributed by atoms with Gasteiger partial charge in [0.1, 0.15) is 0 Å². The first-order valence-corrected chi connectivity index (χ1v) is 4.89. The second-order valence-corrected chi connectivity index (χ2v) is 3.50. The van der Waals surface area contributed by atoms with Crippen molar-refractivity contribution in [1.29, 1.82) is 0 Å². The maximum atomic E-state index is 13.3. The van der Waals surface area contributed by atoms with Crippen molar-refractivity contribution in [3.8, 4) is 0 Å². The molecule has 0 radical (unpaired) electrons. The molecule has 0 saturated heterocycles. The Balaban J connectivity index is 5.83. The Labute approximate surface area is 114 Å². The lowest BCUT2D eigenvalue weighted by atomic mass is 10.2. The molecule has 0 heterocycles. The van der Waals surface area contributed by atoms with Crippen LogP contribution in [0, 0.1) is 0 Å². The lowest BCUT2D eigenvalue weighted by molar-refractivity contribution is -0.475. The average Bonchev–Trinajstić information content (AvgIpc) is 2.25. The lowest BCUT2D eigenvalue weighted by Crippen LogP contribution is -2.61. The summed E-state index contributed by atoms with van der Waals surface area (Å²) in [7, 11) is 0. The molecule has 0 aliphatic rings. The van der Waals surface area contributed by atoms with Gasteiger partial charge in [-0.15, -0.1) is 0 Å². The molecule has 0 saturated carbocycles. The highest BCUT2D eigenvalue weighted by atomic mass is 19.4. The summed E-state index contributed by atoms with van der Waals surface area (Å²) in [6.07, 6.45) is -20.9. The molecule has 0 bridgehead atoms. The van der Waals surface area contributed by atoms with Crippen LogP contribution >= 0.6 is 0 Å². The molecule has 132 valence electrons. The van der Waals surface area contributed by atoms with Crippen LogP contribution in [0.25, 0.3) is 0 Å². The number of alkyl halides is 11. The number of carbonyl (C=O) groups excluding carboxylic acids is 1. The van der Waals surface area contributed by atoms with Crippen LogP contribution in [-0.2, 0) is 14.3 Å². The van der Waals surface area contributed by atoms with E-state index in [1.165, 1.54) is 0 Å². The van der Waals surface area contributed by atoms with E-state index in [1.54, 1.807) is 0 Å². The van der Waals surface area contributed by atoms with Gasteiger partial charge in [-0.3, -0.25) is 4.74 Å². The predicted octanol–water partition coefficient (Wildman–Crippen LogP) is 3.58. The molecule has 0 aliphatic heterocycles. The number of rotatable bonds is 5. The molecule has 0 N–H and O–H groups in total. The third-order valence-electron chi connectivity index (χ3n) is 1.89. The van der Waals surface area contributed by atoms with Crippen molar-refractivity contribution in [3.63, 3.8) is 0 Å². The van der Waals surface area contributed by atoms with Crippen molar-refractivity contribution < 1.29 is 62.6 Å². The Morgan fingerprint density at radius 3 is 1.50 bits per heavy atom. The lowest BCUT2D eigenvalue weighted by Gasteiger charge is -2.33. The average molecular weight is 358 g/mol. The minimum atomic E-state index is -7.21. The maximum absolute atomic E-state index is 13.3. The van der Waals surface area contributed by atoms with Crippen LogP contribution in [0.2, 0.25) is 0 Å². The minimum Gasteiger partial charge on any atom is -0.462 e. The zero-order valence-electron chi connectivity index (χ0n) is 10.1. The summed E-state index contributed by atoms with van der Waals surface area (Å²) in [5.41, 5.74) is 0. The molecule has 0 aromatic heterocycles. The Morgan fingerprint density at radius 1 is 0.818 bits per heavy atom. The molecule has 1 atom stereocenters. The second kappa shape index (κ2) is 5.70. The molecule has 0 fully saturated rings. The molecule has 3 nitrogen and oxygen atoms in total. The van der Waals surface area contributed by atoms with Crippen LogP contribution in [0.5, 0.6) is 0 Å². The fraction of sp³-hybridized carbons (Fsp3) is 0.875. The van der Waals surface area contributed by atoms with Crippen LogP contribution < -0.4 is 0 Å². The van der Waals surface area contributed by atoms with Crippen LogP contribution in [-0.4, -0.2) is 42.8 Å². The molecular formula is C8H5F11O3. The molecule has 0 amide bonds. The summed E-state index contributed by atoms with van der Waals surface area (Å²) in [5, 5.41) is 0. The highest BCUT2D eigenvalue weighted by molar-refractivity contribution is 5.78. The van der Waals surface area contributed by atoms with E-state index >= 15 is 0 Å². The van der Waals surface area contributed by atoms with Crippen LogP contribution in [0.15, 0.2) is 0 Å². The number of carbonyl (C=O) groups is 1. The largest absolute Gasteiger partial charge is 0.462 e. The number of esters is 1. The van der Waals surface area contributed by atoms with Gasteiger partial charge in [-0.05, 0) is 6.92 Å². The monoisotopic (exact) mass is 358 g/mol. The van der Waals surface area contributed by atoms with Gasteiger partial charge in [0.25, 0.3) is 0 Å². The zero-order valence-corrected chi connectivity index (χ0v) is 10.1. The van der Waals surface area contributed by atoms with Gasteiger partial charge in [-0.25, -0.2) is 4.79 Å². The molecule has 0 aromatic rings. The number of hydrogen-bond acceptors (Lipinski definition) is 3. The Kier molecular flexibility index (Phi) is 5.35. The highest BCUT2D eigenvalue weighted by Crippen LogP contribution is 2.51. The first kappa shape index (κ1) is 20.7. The third-order valence-corrected chi connectivity index (χ3v) is 1.89. The van der Waals surface area contributed by atoms with Crippen molar-refractivity contribution in [1.82, 2.24) is 0 Å². The van der Waals surface area contributed by atoms with Gasteiger partial charge in [0.2, 0.25) is 0 Å². The van der Waals surface area contributed by atoms with E-state index in [0.29, 0.717) is 0 Å². The van der Waals surface area contributed by atoms with Gasteiger partial charge in [0.15, 0.2) is 0 Å². The SMILES string of the molecule is CCOC(=O)[C@](F)(OC(F)(F)C(F)(F)C(F)(F)F)C(F)(F)F. The maximum Gasteiger partial charge on any atom is 0.462 e. The van der Waals surface area contributed by atoms with Gasteiger partial charge >= 0.3 is 36.2 Å². The Morgan fingerprint density at radius 2 is 1.23 bits per heavy atom.